The van der Waals surface area contributed by atoms with Crippen molar-refractivity contribution in [3.05, 3.63) is 30.0 Å². The Kier molecular flexibility index (Phi) is 4.61. The van der Waals surface area contributed by atoms with Crippen LogP contribution in [0.25, 0.3) is 11.3 Å². The van der Waals surface area contributed by atoms with Crippen molar-refractivity contribution in [2.24, 2.45) is 0 Å². The van der Waals surface area contributed by atoms with Crippen LogP contribution in [0.15, 0.2) is 29.3 Å². The van der Waals surface area contributed by atoms with E-state index in [1.165, 1.54) is 6.92 Å². The topological polar surface area (TPSA) is 110 Å². The number of nitrogens with one attached hydrogen (secondary N) is 1. The highest BCUT2D eigenvalue weighted by Crippen LogP contribution is 2.38. The molecule has 0 aliphatic carbocycles. The smallest absolute Gasteiger partial charge is 0.414 e. The average molecular weight is 385 g/mol. The number of nitrogens with zero attached hydrogens (tertiary/aromatic N) is 3. The summed E-state index contributed by atoms with van der Waals surface area (Å²) < 4.78 is 5.35. The van der Waals surface area contributed by atoms with E-state index >= 15 is 0 Å². The summed E-state index contributed by atoms with van der Waals surface area (Å²) in [6.07, 6.45) is 1.85. The number of fused-ring (bicyclic) bond motifs is 3. The van der Waals surface area contributed by atoms with Gasteiger partial charge >= 0.3 is 6.09 Å². The van der Waals surface area contributed by atoms with Crippen LogP contribution >= 0.6 is 11.8 Å². The van der Waals surface area contributed by atoms with Gasteiger partial charge in [0.15, 0.2) is 0 Å². The zero-order chi connectivity index (χ0) is 19.0. The van der Waals surface area contributed by atoms with Crippen LogP contribution in [0.3, 0.4) is 0 Å². The van der Waals surface area contributed by atoms with E-state index in [0.717, 1.165) is 39.6 Å². The lowest BCUT2D eigenvalue weighted by Crippen LogP contribution is -2.33. The zero-order valence-electron chi connectivity index (χ0n) is 14.8. The maximum atomic E-state index is 12.3. The number of rotatable bonds is 3. The van der Waals surface area contributed by atoms with Gasteiger partial charge < -0.3 is 15.8 Å². The second-order valence-corrected chi connectivity index (χ2v) is 7.57. The zero-order valence-corrected chi connectivity index (χ0v) is 15.6. The number of aryl methyl sites for hydroxylation is 1. The number of cyclic esters (lactones) is 1. The number of amides is 2. The molecule has 1 unspecified atom stereocenters. The normalized spacial score (nSPS) is 18.3. The number of ether oxygens (including phenoxy) is 1. The van der Waals surface area contributed by atoms with Crippen LogP contribution in [-0.4, -0.2) is 46.9 Å². The molecule has 3 N–H and O–H groups in total. The largest absolute Gasteiger partial charge is 0.442 e. The lowest BCUT2D eigenvalue weighted by atomic mass is 10.0. The Balaban J connectivity index is 1.61. The van der Waals surface area contributed by atoms with Gasteiger partial charge in [-0.25, -0.2) is 14.8 Å². The molecule has 1 aromatic carbocycles. The van der Waals surface area contributed by atoms with Gasteiger partial charge in [0.25, 0.3) is 0 Å². The molecule has 0 saturated carbocycles. The van der Waals surface area contributed by atoms with Crippen molar-refractivity contribution in [2.45, 2.75) is 24.3 Å². The Labute approximate surface area is 160 Å². The van der Waals surface area contributed by atoms with Crippen LogP contribution in [0.2, 0.25) is 0 Å². The summed E-state index contributed by atoms with van der Waals surface area (Å²) in [5.41, 5.74) is 9.50. The molecule has 9 heteroatoms. The fourth-order valence-electron chi connectivity index (χ4n) is 3.24. The third-order valence-corrected chi connectivity index (χ3v) is 5.53. The molecule has 0 spiro atoms. The monoisotopic (exact) mass is 385 g/mol. The minimum absolute atomic E-state index is 0.146. The molecule has 1 fully saturated rings. The molecule has 2 aliphatic heterocycles. The van der Waals surface area contributed by atoms with Gasteiger partial charge in [0.2, 0.25) is 11.9 Å². The Bertz CT molecular complexity index is 920. The summed E-state index contributed by atoms with van der Waals surface area (Å²) in [7, 11) is 0. The van der Waals surface area contributed by atoms with E-state index in [1.807, 2.05) is 18.2 Å². The molecule has 3 heterocycles. The van der Waals surface area contributed by atoms with Gasteiger partial charge in [0, 0.05) is 30.1 Å². The van der Waals surface area contributed by atoms with Crippen LogP contribution in [0.1, 0.15) is 12.5 Å². The molecule has 1 aromatic heterocycles. The number of carbonyl (C=O) groups excluding carboxylic acids is 2. The molecule has 2 aromatic rings. The van der Waals surface area contributed by atoms with Gasteiger partial charge in [-0.2, -0.15) is 0 Å². The fraction of sp³-hybridized carbons (Fsp3) is 0.333. The summed E-state index contributed by atoms with van der Waals surface area (Å²) in [6, 6.07) is 5.86. The number of nitrogens with two attached hydrogens (primary N) is 1. The lowest BCUT2D eigenvalue weighted by molar-refractivity contribution is -0.119. The van der Waals surface area contributed by atoms with Gasteiger partial charge in [0.1, 0.15) is 6.10 Å². The molecule has 8 nitrogen and oxygen atoms in total. The molecular formula is C18H19N5O3S. The molecule has 2 aliphatic rings. The van der Waals surface area contributed by atoms with Crippen LogP contribution in [0.4, 0.5) is 16.4 Å². The molecular weight excluding hydrogens is 366 g/mol. The first-order chi connectivity index (χ1) is 13.0. The highest BCUT2D eigenvalue weighted by molar-refractivity contribution is 7.99. The van der Waals surface area contributed by atoms with Gasteiger partial charge in [-0.15, -0.1) is 11.8 Å². The second kappa shape index (κ2) is 7.07. The van der Waals surface area contributed by atoms with Gasteiger partial charge in [-0.1, -0.05) is 6.07 Å². The first kappa shape index (κ1) is 17.6. The minimum Gasteiger partial charge on any atom is -0.442 e. The van der Waals surface area contributed by atoms with E-state index in [9.17, 15) is 9.59 Å². The van der Waals surface area contributed by atoms with Gasteiger partial charge in [-0.3, -0.25) is 9.69 Å². The van der Waals surface area contributed by atoms with E-state index < -0.39 is 6.09 Å². The number of anilines is 2. The quantitative estimate of drug-likeness (QED) is 0.829. The van der Waals surface area contributed by atoms with E-state index in [-0.39, 0.29) is 18.0 Å². The standard InChI is InChI=1S/C18H19N5O3S/c1-10(24)20-7-13-9-23(18(25)26-13)12-2-3-14-11(6-12)4-5-27-15-8-21-17(19)22-16(14)15/h2-3,6,8,13H,4-5,7,9H2,1H3,(H,20,24)(H2,19,21,22). The maximum absolute atomic E-state index is 12.3. The average Bonchev–Trinajstić information content (AvgIpc) is 2.92. The van der Waals surface area contributed by atoms with E-state index in [2.05, 4.69) is 15.3 Å². The third kappa shape index (κ3) is 3.55. The van der Waals surface area contributed by atoms with E-state index in [4.69, 9.17) is 10.5 Å². The molecule has 27 heavy (non-hydrogen) atoms. The number of hydrogen-bond acceptors (Lipinski definition) is 7. The lowest BCUT2D eigenvalue weighted by Gasteiger charge is -2.16. The van der Waals surface area contributed by atoms with E-state index in [1.54, 1.807) is 22.9 Å². The van der Waals surface area contributed by atoms with Crippen molar-refractivity contribution in [1.82, 2.24) is 15.3 Å². The number of nitrogen functional groups attached to an aromatic ring is 1. The Morgan fingerprint density at radius 3 is 3.15 bits per heavy atom. The molecule has 0 bridgehead atoms. The minimum atomic E-state index is -0.403. The Morgan fingerprint density at radius 1 is 1.48 bits per heavy atom. The molecule has 1 saturated heterocycles. The summed E-state index contributed by atoms with van der Waals surface area (Å²) in [5.74, 6) is 0.994. The van der Waals surface area contributed by atoms with E-state index in [0.29, 0.717) is 13.1 Å². The molecule has 0 radical (unpaired) electrons. The maximum Gasteiger partial charge on any atom is 0.414 e. The first-order valence-corrected chi connectivity index (χ1v) is 9.61. The summed E-state index contributed by atoms with van der Waals surface area (Å²) in [4.78, 5) is 34.4. The van der Waals surface area contributed by atoms with Crippen molar-refractivity contribution in [2.75, 3.05) is 29.5 Å². The fourth-order valence-corrected chi connectivity index (χ4v) is 4.20. The van der Waals surface area contributed by atoms with Crippen LogP contribution < -0.4 is 16.0 Å². The van der Waals surface area contributed by atoms with Crippen molar-refractivity contribution >= 4 is 35.4 Å². The Morgan fingerprint density at radius 2 is 2.33 bits per heavy atom. The number of aromatic nitrogens is 2. The number of hydrogen-bond donors (Lipinski definition) is 2. The summed E-state index contributed by atoms with van der Waals surface area (Å²) in [6.45, 7) is 2.15. The third-order valence-electron chi connectivity index (χ3n) is 4.51. The van der Waals surface area contributed by atoms with Crippen LogP contribution in [0, 0.1) is 0 Å². The van der Waals surface area contributed by atoms with Gasteiger partial charge in [-0.05, 0) is 24.1 Å². The molecule has 4 rings (SSSR count). The number of thioether (sulfide) groups is 1. The Hall–Kier alpha value is -2.81. The number of carbonyl (C=O) groups is 2. The van der Waals surface area contributed by atoms with Crippen molar-refractivity contribution in [3.8, 4) is 11.3 Å². The first-order valence-electron chi connectivity index (χ1n) is 8.62. The highest BCUT2D eigenvalue weighted by atomic mass is 32.2. The molecule has 1 atom stereocenters. The predicted octanol–water partition coefficient (Wildman–Crippen LogP) is 1.84. The van der Waals surface area contributed by atoms with Crippen LogP contribution in [0.5, 0.6) is 0 Å². The number of benzene rings is 1. The molecule has 140 valence electrons. The van der Waals surface area contributed by atoms with Crippen molar-refractivity contribution < 1.29 is 14.3 Å². The van der Waals surface area contributed by atoms with Gasteiger partial charge in [0.05, 0.1) is 23.7 Å². The molecule has 2 amide bonds. The second-order valence-electron chi connectivity index (χ2n) is 6.43. The highest BCUT2D eigenvalue weighted by Gasteiger charge is 2.33. The van der Waals surface area contributed by atoms with Crippen LogP contribution in [-0.2, 0) is 16.0 Å². The SMILES string of the molecule is CC(=O)NCC1CN(c2ccc3c(c2)CCSc2cnc(N)nc2-3)C(=O)O1. The van der Waals surface area contributed by atoms with Crippen molar-refractivity contribution in [1.29, 1.82) is 0 Å². The summed E-state index contributed by atoms with van der Waals surface area (Å²) >= 11 is 1.70. The predicted molar refractivity (Wildman–Crippen MR) is 103 cm³/mol. The summed E-state index contributed by atoms with van der Waals surface area (Å²) in [5, 5.41) is 2.68. The van der Waals surface area contributed by atoms with Crippen molar-refractivity contribution in [3.63, 3.8) is 0 Å².